The van der Waals surface area contributed by atoms with Crippen molar-refractivity contribution in [2.45, 2.75) is 51.7 Å². The zero-order chi connectivity index (χ0) is 51.5. The maximum Gasteiger partial charge on any atom is 0.406 e. The number of methoxy groups -OCH3 is 1. The van der Waals surface area contributed by atoms with Crippen LogP contribution in [0.15, 0.2) is 89.7 Å². The molecule has 386 valence electrons. The summed E-state index contributed by atoms with van der Waals surface area (Å²) in [7, 11) is 3.37. The van der Waals surface area contributed by atoms with Crippen LogP contribution < -0.4 is 35.9 Å². The van der Waals surface area contributed by atoms with Crippen molar-refractivity contribution in [3.05, 3.63) is 108 Å². The number of amides is 1. The predicted molar refractivity (Wildman–Crippen MR) is 271 cm³/mol. The number of fused-ring (bicyclic) bond motifs is 2. The number of nitrogens with zero attached hydrogens (tertiary/aromatic N) is 5. The molecule has 0 saturated carbocycles. The van der Waals surface area contributed by atoms with Crippen LogP contribution in [0, 0.1) is 25.7 Å². The van der Waals surface area contributed by atoms with Crippen LogP contribution >= 0.6 is 0 Å². The summed E-state index contributed by atoms with van der Waals surface area (Å²) in [5.41, 5.74) is 13.8. The Kier molecular flexibility index (Phi) is 16.9. The Morgan fingerprint density at radius 3 is 2.51 bits per heavy atom. The summed E-state index contributed by atoms with van der Waals surface area (Å²) in [6.45, 7) is 5.78. The van der Waals surface area contributed by atoms with Crippen LogP contribution in [-0.2, 0) is 27.4 Å². The maximum absolute atomic E-state index is 14.9. The second-order valence-electron chi connectivity index (χ2n) is 17.7. The van der Waals surface area contributed by atoms with Gasteiger partial charge in [-0.3, -0.25) is 4.79 Å². The summed E-state index contributed by atoms with van der Waals surface area (Å²) in [4.78, 5) is 19.0. The highest BCUT2D eigenvalue weighted by Crippen LogP contribution is 2.35. The standard InChI is InChI=1S/C53H59F4N9O7/c1-34-51(35(2)73-63-34)37-25-43(58)52-48(26-37)65(33-61-52)29-36-8-5-10-39(24-36)72-31-50(67)60-17-19-69-20-21-70-22-23-71-40-13-14-46(49(28-40)68-4)59-16-7-9-38-27-41-44(62-45-15-18-64(3)30-42(45)54)11-6-12-47(41)66(38)32-53(55,56)57/h5-6,8,10-14,24-28,33,42,45,59,62H,15-23,29-32,58H2,1-4H3,(H,60,67)/t42-,45+/m0/s1. The molecule has 1 fully saturated rings. The number of hydrogen-bond acceptors (Lipinski definition) is 13. The molecule has 0 spiro atoms. The summed E-state index contributed by atoms with van der Waals surface area (Å²) in [6, 6.07) is 22.9. The maximum atomic E-state index is 14.9. The third-order valence-corrected chi connectivity index (χ3v) is 12.3. The van der Waals surface area contributed by atoms with Gasteiger partial charge >= 0.3 is 6.18 Å². The van der Waals surface area contributed by atoms with Gasteiger partial charge in [0.05, 0.1) is 86.2 Å². The fraction of sp³-hybridized carbons (Fsp3) is 0.377. The minimum Gasteiger partial charge on any atom is -0.494 e. The Morgan fingerprint density at radius 2 is 1.73 bits per heavy atom. The fourth-order valence-corrected chi connectivity index (χ4v) is 8.75. The van der Waals surface area contributed by atoms with E-state index in [1.54, 1.807) is 54.9 Å². The minimum absolute atomic E-state index is 0.110. The van der Waals surface area contributed by atoms with Gasteiger partial charge in [-0.25, -0.2) is 9.37 Å². The van der Waals surface area contributed by atoms with E-state index in [1.807, 2.05) is 60.7 Å². The number of carbonyl (C=O) groups is 1. The molecule has 1 aliphatic rings. The summed E-state index contributed by atoms with van der Waals surface area (Å²) >= 11 is 0. The fourth-order valence-electron chi connectivity index (χ4n) is 8.75. The van der Waals surface area contributed by atoms with E-state index < -0.39 is 24.9 Å². The van der Waals surface area contributed by atoms with E-state index in [4.69, 9.17) is 33.9 Å². The van der Waals surface area contributed by atoms with Gasteiger partial charge in [0.1, 0.15) is 47.8 Å². The van der Waals surface area contributed by atoms with Crippen LogP contribution in [0.4, 0.5) is 34.6 Å². The zero-order valence-electron chi connectivity index (χ0n) is 41.1. The van der Waals surface area contributed by atoms with E-state index in [9.17, 15) is 22.4 Å². The van der Waals surface area contributed by atoms with E-state index in [2.05, 4.69) is 37.9 Å². The van der Waals surface area contributed by atoms with E-state index in [0.717, 1.165) is 32.5 Å². The van der Waals surface area contributed by atoms with Crippen LogP contribution in [0.25, 0.3) is 33.1 Å². The molecular weight excluding hydrogens is 951 g/mol. The highest BCUT2D eigenvalue weighted by Gasteiger charge is 2.31. The number of anilines is 3. The van der Waals surface area contributed by atoms with Crippen molar-refractivity contribution in [3.8, 4) is 40.2 Å². The summed E-state index contributed by atoms with van der Waals surface area (Å²) in [6.07, 6.45) is -3.28. The lowest BCUT2D eigenvalue weighted by molar-refractivity contribution is -0.140. The van der Waals surface area contributed by atoms with E-state index >= 15 is 0 Å². The number of alkyl halides is 4. The quantitative estimate of drug-likeness (QED) is 0.0223. The van der Waals surface area contributed by atoms with Crippen molar-refractivity contribution < 1.29 is 50.6 Å². The summed E-state index contributed by atoms with van der Waals surface area (Å²) in [5.74, 6) is 7.85. The van der Waals surface area contributed by atoms with Gasteiger partial charge in [0.2, 0.25) is 0 Å². The number of rotatable bonds is 22. The van der Waals surface area contributed by atoms with Crippen LogP contribution in [0.3, 0.4) is 0 Å². The number of hydrogen-bond donors (Lipinski definition) is 4. The molecule has 0 bridgehead atoms. The van der Waals surface area contributed by atoms with Gasteiger partial charge in [0, 0.05) is 48.9 Å². The smallest absolute Gasteiger partial charge is 0.406 e. The SMILES string of the molecule is COc1cc(OCCOCCOCCNC(=O)COc2cccc(Cn3cnc4c(N)cc(-c5c(C)noc5C)cc43)c2)ccc1NCC#Cc1cc2c(N[C@@H]3CCN(C)C[C@@H]3F)cccc2n1CC(F)(F)F. The third-order valence-electron chi connectivity index (χ3n) is 12.3. The van der Waals surface area contributed by atoms with Gasteiger partial charge in [0.25, 0.3) is 5.91 Å². The molecule has 5 N–H and O–H groups in total. The molecule has 16 nitrogen and oxygen atoms in total. The highest BCUT2D eigenvalue weighted by atomic mass is 19.4. The van der Waals surface area contributed by atoms with Crippen LogP contribution in [-0.4, -0.2) is 128 Å². The van der Waals surface area contributed by atoms with Gasteiger partial charge < -0.3 is 63.9 Å². The average Bonchev–Trinajstić information content (AvgIpc) is 4.04. The monoisotopic (exact) mass is 1010 g/mol. The van der Waals surface area contributed by atoms with Crippen molar-refractivity contribution >= 4 is 44.9 Å². The van der Waals surface area contributed by atoms with E-state index in [-0.39, 0.29) is 44.5 Å². The number of nitrogens with one attached hydrogen (secondary N) is 3. The molecule has 73 heavy (non-hydrogen) atoms. The minimum atomic E-state index is -4.49. The Labute approximate surface area is 420 Å². The number of likely N-dealkylation sites (tertiary alicyclic amines) is 1. The first-order valence-corrected chi connectivity index (χ1v) is 23.9. The molecule has 2 atom stereocenters. The summed E-state index contributed by atoms with van der Waals surface area (Å²) in [5, 5.41) is 13.8. The van der Waals surface area contributed by atoms with Gasteiger partial charge in [-0.15, -0.1) is 0 Å². The molecule has 4 heterocycles. The molecule has 3 aromatic heterocycles. The first kappa shape index (κ1) is 51.9. The molecule has 0 aliphatic carbocycles. The number of nitrogens with two attached hydrogens (primary N) is 1. The Morgan fingerprint density at radius 1 is 0.932 bits per heavy atom. The Hall–Kier alpha value is -7.47. The number of piperidine rings is 1. The van der Waals surface area contributed by atoms with Gasteiger partial charge in [0.15, 0.2) is 6.61 Å². The summed E-state index contributed by atoms with van der Waals surface area (Å²) < 4.78 is 93.1. The Balaban J connectivity index is 0.716. The molecule has 0 radical (unpaired) electrons. The molecular formula is C53H59F4N9O7. The number of aromatic nitrogens is 4. The lowest BCUT2D eigenvalue weighted by Gasteiger charge is -2.33. The second-order valence-corrected chi connectivity index (χ2v) is 17.7. The molecule has 20 heteroatoms. The largest absolute Gasteiger partial charge is 0.494 e. The number of ether oxygens (including phenoxy) is 5. The molecule has 1 saturated heterocycles. The zero-order valence-corrected chi connectivity index (χ0v) is 41.1. The molecule has 0 unspecified atom stereocenters. The molecule has 1 amide bonds. The number of carbonyl (C=O) groups excluding carboxylic acids is 1. The Bertz CT molecular complexity index is 3050. The van der Waals surface area contributed by atoms with Crippen molar-refractivity contribution in [1.82, 2.24) is 29.5 Å². The normalized spacial score (nSPS) is 15.0. The number of benzene rings is 4. The van der Waals surface area contributed by atoms with Crippen molar-refractivity contribution in [2.24, 2.45) is 0 Å². The number of imidazole rings is 1. The van der Waals surface area contributed by atoms with Gasteiger partial charge in [-0.2, -0.15) is 13.2 Å². The molecule has 7 aromatic rings. The first-order chi connectivity index (χ1) is 35.2. The average molecular weight is 1010 g/mol. The molecule has 4 aromatic carbocycles. The van der Waals surface area contributed by atoms with Gasteiger partial charge in [-0.1, -0.05) is 29.3 Å². The molecule has 1 aliphatic heterocycles. The van der Waals surface area contributed by atoms with Crippen LogP contribution in [0.2, 0.25) is 0 Å². The number of nitrogen functional groups attached to an aromatic ring is 1. The van der Waals surface area contributed by atoms with Gasteiger partial charge in [-0.05, 0) is 99.0 Å². The third kappa shape index (κ3) is 13.5. The number of halogens is 4. The topological polar surface area (TPSA) is 177 Å². The lowest BCUT2D eigenvalue weighted by Crippen LogP contribution is -2.46. The highest BCUT2D eigenvalue weighted by molar-refractivity contribution is 5.94. The first-order valence-electron chi connectivity index (χ1n) is 23.9. The molecule has 8 rings (SSSR count). The van der Waals surface area contributed by atoms with Crippen molar-refractivity contribution in [1.29, 1.82) is 0 Å². The van der Waals surface area contributed by atoms with E-state index in [0.29, 0.717) is 102 Å². The van der Waals surface area contributed by atoms with Crippen LogP contribution in [0.5, 0.6) is 17.2 Å². The van der Waals surface area contributed by atoms with E-state index in [1.165, 1.54) is 7.11 Å². The number of aryl methyl sites for hydroxylation is 2. The van der Waals surface area contributed by atoms with Crippen molar-refractivity contribution in [3.63, 3.8) is 0 Å². The second kappa shape index (κ2) is 23.8. The lowest BCUT2D eigenvalue weighted by atomic mass is 10.0. The van der Waals surface area contributed by atoms with Crippen LogP contribution in [0.1, 0.15) is 29.1 Å². The van der Waals surface area contributed by atoms with Crippen molar-refractivity contribution in [2.75, 3.05) is 96.3 Å². The predicted octanol–water partition coefficient (Wildman–Crippen LogP) is 7.99.